The predicted octanol–water partition coefficient (Wildman–Crippen LogP) is 0.499. The SMILES string of the molecule is CN1CCc2c(ccc[n+]2C)C1. The van der Waals surface area contributed by atoms with Gasteiger partial charge >= 0.3 is 0 Å². The average molecular weight is 163 g/mol. The number of fused-ring (bicyclic) bond motifs is 1. The summed E-state index contributed by atoms with van der Waals surface area (Å²) in [7, 11) is 4.31. The summed E-state index contributed by atoms with van der Waals surface area (Å²) in [5.41, 5.74) is 2.98. The molecule has 0 atom stereocenters. The molecule has 12 heavy (non-hydrogen) atoms. The van der Waals surface area contributed by atoms with Crippen LogP contribution in [0.5, 0.6) is 0 Å². The molecule has 2 rings (SSSR count). The second-order valence-corrected chi connectivity index (χ2v) is 3.58. The molecule has 0 amide bonds. The molecule has 0 saturated heterocycles. The Morgan fingerprint density at radius 1 is 1.50 bits per heavy atom. The predicted molar refractivity (Wildman–Crippen MR) is 47.7 cm³/mol. The minimum absolute atomic E-state index is 1.10. The molecule has 0 aromatic carbocycles. The van der Waals surface area contributed by atoms with Gasteiger partial charge in [-0.05, 0) is 13.1 Å². The molecule has 64 valence electrons. The van der Waals surface area contributed by atoms with E-state index >= 15 is 0 Å². The molecule has 0 bridgehead atoms. The summed E-state index contributed by atoms with van der Waals surface area (Å²) in [5, 5.41) is 0. The molecule has 1 aromatic rings. The first kappa shape index (κ1) is 7.74. The van der Waals surface area contributed by atoms with Gasteiger partial charge in [-0.3, -0.25) is 0 Å². The monoisotopic (exact) mass is 163 g/mol. The van der Waals surface area contributed by atoms with Crippen molar-refractivity contribution in [1.82, 2.24) is 4.90 Å². The van der Waals surface area contributed by atoms with E-state index in [0.29, 0.717) is 0 Å². The number of likely N-dealkylation sites (N-methyl/N-ethyl adjacent to an activating group) is 1. The number of pyridine rings is 1. The number of aryl methyl sites for hydroxylation is 1. The highest BCUT2D eigenvalue weighted by atomic mass is 15.1. The molecule has 0 N–H and O–H groups in total. The topological polar surface area (TPSA) is 7.12 Å². The van der Waals surface area contributed by atoms with Crippen molar-refractivity contribution in [1.29, 1.82) is 0 Å². The summed E-state index contributed by atoms with van der Waals surface area (Å²) >= 11 is 0. The van der Waals surface area contributed by atoms with Crippen molar-refractivity contribution in [3.05, 3.63) is 29.6 Å². The van der Waals surface area contributed by atoms with Crippen LogP contribution in [0.15, 0.2) is 18.3 Å². The zero-order valence-corrected chi connectivity index (χ0v) is 7.75. The van der Waals surface area contributed by atoms with Crippen molar-refractivity contribution >= 4 is 0 Å². The van der Waals surface area contributed by atoms with Crippen LogP contribution < -0.4 is 4.57 Å². The van der Waals surface area contributed by atoms with Crippen molar-refractivity contribution in [2.24, 2.45) is 7.05 Å². The lowest BCUT2D eigenvalue weighted by Crippen LogP contribution is -2.40. The average Bonchev–Trinajstić information content (AvgIpc) is 2.04. The van der Waals surface area contributed by atoms with Crippen LogP contribution in [0.25, 0.3) is 0 Å². The van der Waals surface area contributed by atoms with Crippen LogP contribution in [0.3, 0.4) is 0 Å². The van der Waals surface area contributed by atoms with Gasteiger partial charge in [-0.2, -0.15) is 0 Å². The van der Waals surface area contributed by atoms with Gasteiger partial charge in [-0.15, -0.1) is 0 Å². The van der Waals surface area contributed by atoms with Crippen molar-refractivity contribution in [2.45, 2.75) is 13.0 Å². The molecule has 1 aromatic heterocycles. The Kier molecular flexibility index (Phi) is 1.85. The van der Waals surface area contributed by atoms with Gasteiger partial charge in [0.25, 0.3) is 0 Å². The normalized spacial score (nSPS) is 17.5. The summed E-state index contributed by atoms with van der Waals surface area (Å²) < 4.78 is 2.24. The van der Waals surface area contributed by atoms with Gasteiger partial charge in [0.1, 0.15) is 7.05 Å². The number of hydrogen-bond acceptors (Lipinski definition) is 1. The van der Waals surface area contributed by atoms with Gasteiger partial charge in [0.15, 0.2) is 11.9 Å². The second-order valence-electron chi connectivity index (χ2n) is 3.58. The van der Waals surface area contributed by atoms with E-state index < -0.39 is 0 Å². The molecule has 2 nitrogen and oxygen atoms in total. The molecular formula is C10H15N2+. The standard InChI is InChI=1S/C10H15N2/c1-11-7-5-10-9(8-11)4-3-6-12(10)2/h3-4,6H,5,7-8H2,1-2H3/q+1. The minimum atomic E-state index is 1.10. The van der Waals surface area contributed by atoms with Gasteiger partial charge in [0, 0.05) is 31.1 Å². The number of nitrogens with zero attached hydrogens (tertiary/aromatic N) is 2. The van der Waals surface area contributed by atoms with Gasteiger partial charge < -0.3 is 4.90 Å². The zero-order valence-electron chi connectivity index (χ0n) is 7.75. The van der Waals surface area contributed by atoms with Crippen LogP contribution >= 0.6 is 0 Å². The number of aromatic nitrogens is 1. The van der Waals surface area contributed by atoms with Crippen molar-refractivity contribution < 1.29 is 4.57 Å². The Balaban J connectivity index is 2.42. The molecule has 1 aliphatic heterocycles. The third-order valence-electron chi connectivity index (χ3n) is 2.57. The summed E-state index contributed by atoms with van der Waals surface area (Å²) in [6, 6.07) is 4.35. The summed E-state index contributed by atoms with van der Waals surface area (Å²) in [4.78, 5) is 2.36. The first-order valence-corrected chi connectivity index (χ1v) is 4.42. The first-order valence-electron chi connectivity index (χ1n) is 4.42. The van der Waals surface area contributed by atoms with Crippen molar-refractivity contribution in [3.8, 4) is 0 Å². The van der Waals surface area contributed by atoms with Crippen LogP contribution in [0.2, 0.25) is 0 Å². The smallest absolute Gasteiger partial charge is 0.186 e. The molecular weight excluding hydrogens is 148 g/mol. The third-order valence-corrected chi connectivity index (χ3v) is 2.57. The van der Waals surface area contributed by atoms with Crippen LogP contribution in [-0.4, -0.2) is 18.5 Å². The molecule has 2 heteroatoms. The van der Waals surface area contributed by atoms with Gasteiger partial charge in [-0.25, -0.2) is 4.57 Å². The highest BCUT2D eigenvalue weighted by Gasteiger charge is 2.19. The molecule has 2 heterocycles. The van der Waals surface area contributed by atoms with E-state index in [0.717, 1.165) is 6.54 Å². The quantitative estimate of drug-likeness (QED) is 0.505. The fourth-order valence-electron chi connectivity index (χ4n) is 1.85. The Bertz CT molecular complexity index is 294. The molecule has 0 radical (unpaired) electrons. The van der Waals surface area contributed by atoms with E-state index in [4.69, 9.17) is 0 Å². The molecule has 0 spiro atoms. The third kappa shape index (κ3) is 1.23. The van der Waals surface area contributed by atoms with Gasteiger partial charge in [0.05, 0.1) is 0 Å². The Labute approximate surface area is 73.4 Å². The Hall–Kier alpha value is -0.890. The van der Waals surface area contributed by atoms with Crippen molar-refractivity contribution in [2.75, 3.05) is 13.6 Å². The maximum atomic E-state index is 2.36. The fourth-order valence-corrected chi connectivity index (χ4v) is 1.85. The van der Waals surface area contributed by atoms with E-state index in [2.05, 4.69) is 41.9 Å². The van der Waals surface area contributed by atoms with Crippen LogP contribution in [0.1, 0.15) is 11.3 Å². The zero-order chi connectivity index (χ0) is 8.55. The number of rotatable bonds is 0. The largest absolute Gasteiger partial charge is 0.301 e. The summed E-state index contributed by atoms with van der Waals surface area (Å²) in [6.07, 6.45) is 3.31. The lowest BCUT2D eigenvalue weighted by atomic mass is 10.1. The van der Waals surface area contributed by atoms with E-state index in [1.54, 1.807) is 0 Å². The lowest BCUT2D eigenvalue weighted by molar-refractivity contribution is -0.680. The molecule has 0 unspecified atom stereocenters. The first-order chi connectivity index (χ1) is 5.77. The fraction of sp³-hybridized carbons (Fsp3) is 0.500. The highest BCUT2D eigenvalue weighted by molar-refractivity contribution is 5.17. The Morgan fingerprint density at radius 2 is 2.33 bits per heavy atom. The maximum absolute atomic E-state index is 2.36. The second kappa shape index (κ2) is 2.87. The van der Waals surface area contributed by atoms with E-state index in [1.165, 1.54) is 24.2 Å². The Morgan fingerprint density at radius 3 is 3.17 bits per heavy atom. The van der Waals surface area contributed by atoms with Crippen LogP contribution in [0.4, 0.5) is 0 Å². The van der Waals surface area contributed by atoms with Crippen molar-refractivity contribution in [3.63, 3.8) is 0 Å². The number of hydrogen-bond donors (Lipinski definition) is 0. The summed E-state index contributed by atoms with van der Waals surface area (Å²) in [5.74, 6) is 0. The van der Waals surface area contributed by atoms with E-state index in [1.807, 2.05) is 0 Å². The van der Waals surface area contributed by atoms with E-state index in [9.17, 15) is 0 Å². The minimum Gasteiger partial charge on any atom is -0.301 e. The van der Waals surface area contributed by atoms with Gasteiger partial charge in [0.2, 0.25) is 0 Å². The van der Waals surface area contributed by atoms with Crippen LogP contribution in [-0.2, 0) is 20.0 Å². The lowest BCUT2D eigenvalue weighted by Gasteiger charge is -2.22. The van der Waals surface area contributed by atoms with Crippen LogP contribution in [0, 0.1) is 0 Å². The molecule has 0 aliphatic carbocycles. The molecule has 1 aliphatic rings. The molecule has 0 saturated carbocycles. The maximum Gasteiger partial charge on any atom is 0.186 e. The summed E-state index contributed by atoms with van der Waals surface area (Å²) in [6.45, 7) is 2.29. The highest BCUT2D eigenvalue weighted by Crippen LogP contribution is 2.12. The van der Waals surface area contributed by atoms with Gasteiger partial charge in [-0.1, -0.05) is 0 Å². The molecule has 0 fully saturated rings. The van der Waals surface area contributed by atoms with E-state index in [-0.39, 0.29) is 0 Å².